The summed E-state index contributed by atoms with van der Waals surface area (Å²) >= 11 is 0. The molecule has 3 unspecified atom stereocenters. The number of nitrogens with zero attached hydrogens (tertiary/aromatic N) is 1. The fourth-order valence-electron chi connectivity index (χ4n) is 1.48. The van der Waals surface area contributed by atoms with Crippen molar-refractivity contribution in [1.82, 2.24) is 10.2 Å². The lowest BCUT2D eigenvalue weighted by molar-refractivity contribution is -0.0209. The third-order valence-corrected chi connectivity index (χ3v) is 2.73. The number of aliphatic hydroxyl groups excluding tert-OH is 1. The van der Waals surface area contributed by atoms with Gasteiger partial charge in [-0.2, -0.15) is 0 Å². The van der Waals surface area contributed by atoms with E-state index in [1.54, 1.807) is 6.92 Å². The van der Waals surface area contributed by atoms with Crippen LogP contribution in [-0.4, -0.2) is 61.5 Å². The van der Waals surface area contributed by atoms with E-state index in [0.29, 0.717) is 0 Å². The molecule has 1 heterocycles. The Labute approximate surface area is 86.2 Å². The molecule has 1 saturated heterocycles. The number of hydrogen-bond donors (Lipinski definition) is 2. The van der Waals surface area contributed by atoms with Gasteiger partial charge in [-0.25, -0.2) is 0 Å². The smallest absolute Gasteiger partial charge is 0.0826 e. The van der Waals surface area contributed by atoms with Gasteiger partial charge in [-0.05, 0) is 20.9 Å². The summed E-state index contributed by atoms with van der Waals surface area (Å²) in [5, 5.41) is 12.6. The van der Waals surface area contributed by atoms with Gasteiger partial charge in [0.05, 0.1) is 18.8 Å². The van der Waals surface area contributed by atoms with Crippen molar-refractivity contribution in [3.05, 3.63) is 0 Å². The maximum atomic E-state index is 9.29. The molecule has 1 fully saturated rings. The molecule has 0 aromatic rings. The van der Waals surface area contributed by atoms with Gasteiger partial charge in [-0.1, -0.05) is 0 Å². The van der Waals surface area contributed by atoms with Gasteiger partial charge in [0.1, 0.15) is 0 Å². The van der Waals surface area contributed by atoms with Crippen molar-refractivity contribution in [3.8, 4) is 0 Å². The highest BCUT2D eigenvalue weighted by molar-refractivity contribution is 4.74. The molecule has 0 saturated carbocycles. The SMILES string of the molecule is CC(O)C(C)NCC1CN(C)CCO1. The number of morpholine rings is 1. The van der Waals surface area contributed by atoms with Gasteiger partial charge in [0, 0.05) is 25.7 Å². The van der Waals surface area contributed by atoms with E-state index in [2.05, 4.69) is 17.3 Å². The number of hydrogen-bond acceptors (Lipinski definition) is 4. The van der Waals surface area contributed by atoms with Crippen LogP contribution >= 0.6 is 0 Å². The molecule has 1 aliphatic rings. The van der Waals surface area contributed by atoms with Gasteiger partial charge < -0.3 is 20.1 Å². The maximum Gasteiger partial charge on any atom is 0.0826 e. The number of aliphatic hydroxyl groups is 1. The molecule has 4 nitrogen and oxygen atoms in total. The van der Waals surface area contributed by atoms with Crippen molar-refractivity contribution in [2.45, 2.75) is 32.1 Å². The molecule has 1 aliphatic heterocycles. The van der Waals surface area contributed by atoms with E-state index in [9.17, 15) is 5.11 Å². The highest BCUT2D eigenvalue weighted by Gasteiger charge is 2.18. The van der Waals surface area contributed by atoms with Crippen molar-refractivity contribution >= 4 is 0 Å². The molecular formula is C10H22N2O2. The average molecular weight is 202 g/mol. The van der Waals surface area contributed by atoms with Crippen LogP contribution < -0.4 is 5.32 Å². The van der Waals surface area contributed by atoms with E-state index in [-0.39, 0.29) is 18.2 Å². The molecule has 0 spiro atoms. The minimum atomic E-state index is -0.309. The summed E-state index contributed by atoms with van der Waals surface area (Å²) in [6.45, 7) is 7.40. The van der Waals surface area contributed by atoms with E-state index in [4.69, 9.17) is 4.74 Å². The van der Waals surface area contributed by atoms with Crippen molar-refractivity contribution < 1.29 is 9.84 Å². The number of likely N-dealkylation sites (N-methyl/N-ethyl adjacent to an activating group) is 1. The second-order valence-electron chi connectivity index (χ2n) is 4.19. The Morgan fingerprint density at radius 3 is 2.86 bits per heavy atom. The van der Waals surface area contributed by atoms with Gasteiger partial charge in [0.25, 0.3) is 0 Å². The Morgan fingerprint density at radius 1 is 1.57 bits per heavy atom. The monoisotopic (exact) mass is 202 g/mol. The Bertz CT molecular complexity index is 164. The maximum absolute atomic E-state index is 9.29. The molecule has 1 rings (SSSR count). The fourth-order valence-corrected chi connectivity index (χ4v) is 1.48. The Hall–Kier alpha value is -0.160. The standard InChI is InChI=1S/C10H22N2O2/c1-8(9(2)13)11-6-10-7-12(3)4-5-14-10/h8-11,13H,4-7H2,1-3H3. The van der Waals surface area contributed by atoms with Crippen LogP contribution in [-0.2, 0) is 4.74 Å². The quantitative estimate of drug-likeness (QED) is 0.655. The molecule has 0 aromatic carbocycles. The predicted molar refractivity (Wildman–Crippen MR) is 56.4 cm³/mol. The molecular weight excluding hydrogens is 180 g/mol. The van der Waals surface area contributed by atoms with Crippen LogP contribution in [0.15, 0.2) is 0 Å². The first-order valence-corrected chi connectivity index (χ1v) is 5.31. The summed E-state index contributed by atoms with van der Waals surface area (Å²) < 4.78 is 5.59. The Morgan fingerprint density at radius 2 is 2.29 bits per heavy atom. The highest BCUT2D eigenvalue weighted by Crippen LogP contribution is 2.02. The first-order valence-electron chi connectivity index (χ1n) is 5.31. The van der Waals surface area contributed by atoms with Crippen LogP contribution in [0.4, 0.5) is 0 Å². The van der Waals surface area contributed by atoms with E-state index in [1.165, 1.54) is 0 Å². The topological polar surface area (TPSA) is 44.7 Å². The van der Waals surface area contributed by atoms with Gasteiger partial charge >= 0.3 is 0 Å². The van der Waals surface area contributed by atoms with Crippen LogP contribution in [0.1, 0.15) is 13.8 Å². The van der Waals surface area contributed by atoms with Crippen molar-refractivity contribution in [2.75, 3.05) is 33.3 Å². The van der Waals surface area contributed by atoms with E-state index < -0.39 is 0 Å². The fraction of sp³-hybridized carbons (Fsp3) is 1.00. The molecule has 84 valence electrons. The largest absolute Gasteiger partial charge is 0.392 e. The summed E-state index contributed by atoms with van der Waals surface area (Å²) in [6, 6.07) is 0.130. The molecule has 4 heteroatoms. The number of ether oxygens (including phenoxy) is 1. The van der Waals surface area contributed by atoms with Gasteiger partial charge in [0.15, 0.2) is 0 Å². The summed E-state index contributed by atoms with van der Waals surface area (Å²) in [6.07, 6.45) is -0.0497. The first-order chi connectivity index (χ1) is 6.59. The lowest BCUT2D eigenvalue weighted by Crippen LogP contribution is -2.48. The average Bonchev–Trinajstić information content (AvgIpc) is 2.14. The zero-order chi connectivity index (χ0) is 10.6. The number of rotatable bonds is 4. The lowest BCUT2D eigenvalue weighted by atomic mass is 10.2. The van der Waals surface area contributed by atoms with Crippen LogP contribution in [0.5, 0.6) is 0 Å². The second-order valence-corrected chi connectivity index (χ2v) is 4.19. The van der Waals surface area contributed by atoms with Crippen LogP contribution in [0, 0.1) is 0 Å². The molecule has 3 atom stereocenters. The summed E-state index contributed by atoms with van der Waals surface area (Å²) in [5.41, 5.74) is 0. The van der Waals surface area contributed by atoms with E-state index in [0.717, 1.165) is 26.2 Å². The van der Waals surface area contributed by atoms with Gasteiger partial charge in [-0.3, -0.25) is 0 Å². The summed E-state index contributed by atoms with van der Waals surface area (Å²) in [4.78, 5) is 2.27. The molecule has 0 radical (unpaired) electrons. The van der Waals surface area contributed by atoms with Crippen molar-refractivity contribution in [2.24, 2.45) is 0 Å². The molecule has 2 N–H and O–H groups in total. The molecule has 0 amide bonds. The minimum absolute atomic E-state index is 0.130. The van der Waals surface area contributed by atoms with E-state index in [1.807, 2.05) is 6.92 Å². The van der Waals surface area contributed by atoms with E-state index >= 15 is 0 Å². The molecule has 0 aliphatic carbocycles. The first kappa shape index (κ1) is 11.9. The molecule has 14 heavy (non-hydrogen) atoms. The summed E-state index contributed by atoms with van der Waals surface area (Å²) in [5.74, 6) is 0. The van der Waals surface area contributed by atoms with Crippen molar-refractivity contribution in [3.63, 3.8) is 0 Å². The highest BCUT2D eigenvalue weighted by atomic mass is 16.5. The van der Waals surface area contributed by atoms with Crippen molar-refractivity contribution in [1.29, 1.82) is 0 Å². The summed E-state index contributed by atoms with van der Waals surface area (Å²) in [7, 11) is 2.10. The predicted octanol–water partition coefficient (Wildman–Crippen LogP) is -0.324. The van der Waals surface area contributed by atoms with Gasteiger partial charge in [0.2, 0.25) is 0 Å². The zero-order valence-corrected chi connectivity index (χ0v) is 9.36. The van der Waals surface area contributed by atoms with Crippen LogP contribution in [0.2, 0.25) is 0 Å². The second kappa shape index (κ2) is 5.66. The lowest BCUT2D eigenvalue weighted by Gasteiger charge is -2.31. The third-order valence-electron chi connectivity index (χ3n) is 2.73. The molecule has 0 aromatic heterocycles. The molecule has 0 bridgehead atoms. The normalized spacial score (nSPS) is 28.7. The van der Waals surface area contributed by atoms with Gasteiger partial charge in [-0.15, -0.1) is 0 Å². The van der Waals surface area contributed by atoms with Crippen LogP contribution in [0.3, 0.4) is 0 Å². The zero-order valence-electron chi connectivity index (χ0n) is 9.36. The number of nitrogens with one attached hydrogen (secondary N) is 1. The third kappa shape index (κ3) is 3.92. The minimum Gasteiger partial charge on any atom is -0.392 e. The van der Waals surface area contributed by atoms with Crippen LogP contribution in [0.25, 0.3) is 0 Å². The Kier molecular flexibility index (Phi) is 4.81. The Balaban J connectivity index is 2.17.